The van der Waals surface area contributed by atoms with Gasteiger partial charge in [-0.2, -0.15) is 0 Å². The molecule has 1 amide bonds. The lowest BCUT2D eigenvalue weighted by molar-refractivity contribution is -0.116. The van der Waals surface area contributed by atoms with Gasteiger partial charge in [0.15, 0.2) is 0 Å². The maximum atomic E-state index is 12.8. The number of benzene rings is 2. The van der Waals surface area contributed by atoms with E-state index in [4.69, 9.17) is 4.74 Å². The molecule has 0 atom stereocenters. The van der Waals surface area contributed by atoms with Crippen molar-refractivity contribution >= 4 is 21.6 Å². The van der Waals surface area contributed by atoms with Gasteiger partial charge in [0, 0.05) is 43.9 Å². The summed E-state index contributed by atoms with van der Waals surface area (Å²) in [6.45, 7) is 2.30. The summed E-state index contributed by atoms with van der Waals surface area (Å²) in [6, 6.07) is 13.4. The number of methoxy groups -OCH3 is 1. The largest absolute Gasteiger partial charge is 0.497 e. The van der Waals surface area contributed by atoms with Gasteiger partial charge in [0.2, 0.25) is 15.9 Å². The highest BCUT2D eigenvalue weighted by molar-refractivity contribution is 7.89. The van der Waals surface area contributed by atoms with E-state index < -0.39 is 10.0 Å². The third-order valence-electron chi connectivity index (χ3n) is 5.77. The van der Waals surface area contributed by atoms with Crippen LogP contribution in [0.25, 0.3) is 11.3 Å². The van der Waals surface area contributed by atoms with Crippen LogP contribution in [0.2, 0.25) is 0 Å². The molecule has 0 spiro atoms. The van der Waals surface area contributed by atoms with Gasteiger partial charge in [-0.15, -0.1) is 0 Å². The number of amides is 1. The molecular weight excluding hydrogens is 456 g/mol. The molecule has 0 fully saturated rings. The molecule has 2 heterocycles. The van der Waals surface area contributed by atoms with E-state index in [-0.39, 0.29) is 29.5 Å². The Bertz CT molecular complexity index is 1370. The number of carbonyl (C=O) groups is 1. The van der Waals surface area contributed by atoms with Crippen LogP contribution in [0.4, 0.5) is 5.69 Å². The number of nitrogens with zero attached hydrogens (tertiary/aromatic N) is 3. The van der Waals surface area contributed by atoms with Gasteiger partial charge in [0.25, 0.3) is 5.56 Å². The second-order valence-corrected chi connectivity index (χ2v) is 9.76. The van der Waals surface area contributed by atoms with Crippen molar-refractivity contribution in [3.05, 3.63) is 70.8 Å². The molecule has 0 aliphatic carbocycles. The molecule has 34 heavy (non-hydrogen) atoms. The van der Waals surface area contributed by atoms with Crippen molar-refractivity contribution in [3.63, 3.8) is 0 Å². The number of ether oxygens (including phenoxy) is 1. The van der Waals surface area contributed by atoms with Crippen molar-refractivity contribution in [2.75, 3.05) is 25.1 Å². The number of anilines is 1. The first kappa shape index (κ1) is 23.7. The van der Waals surface area contributed by atoms with Crippen LogP contribution in [0.1, 0.15) is 18.9 Å². The van der Waals surface area contributed by atoms with Gasteiger partial charge in [-0.1, -0.05) is 0 Å². The molecule has 9 nitrogen and oxygen atoms in total. The van der Waals surface area contributed by atoms with Gasteiger partial charge in [0.05, 0.1) is 24.0 Å². The molecule has 0 unspecified atom stereocenters. The number of aryl methyl sites for hydroxylation is 1. The van der Waals surface area contributed by atoms with Gasteiger partial charge < -0.3 is 9.64 Å². The number of hydrogen-bond acceptors (Lipinski definition) is 6. The Morgan fingerprint density at radius 3 is 2.59 bits per heavy atom. The van der Waals surface area contributed by atoms with Gasteiger partial charge in [-0.05, 0) is 60.9 Å². The monoisotopic (exact) mass is 482 g/mol. The summed E-state index contributed by atoms with van der Waals surface area (Å²) in [5.41, 5.74) is 2.61. The molecule has 3 aromatic rings. The molecular formula is C24H26N4O5S. The first-order chi connectivity index (χ1) is 16.3. The molecule has 0 saturated carbocycles. The predicted octanol–water partition coefficient (Wildman–Crippen LogP) is 2.20. The lowest BCUT2D eigenvalue weighted by Crippen LogP contribution is -2.34. The Hall–Kier alpha value is -3.50. The molecule has 1 aliphatic heterocycles. The first-order valence-corrected chi connectivity index (χ1v) is 12.4. The van der Waals surface area contributed by atoms with Crippen LogP contribution in [0, 0.1) is 0 Å². The highest BCUT2D eigenvalue weighted by atomic mass is 32.2. The van der Waals surface area contributed by atoms with Crippen LogP contribution in [0.3, 0.4) is 0 Å². The fourth-order valence-electron chi connectivity index (χ4n) is 3.97. The van der Waals surface area contributed by atoms with E-state index in [9.17, 15) is 18.0 Å². The zero-order valence-corrected chi connectivity index (χ0v) is 19.8. The third kappa shape index (κ3) is 5.02. The lowest BCUT2D eigenvalue weighted by Gasteiger charge is -2.28. The zero-order chi connectivity index (χ0) is 24.3. The average Bonchev–Trinajstić information content (AvgIpc) is 2.84. The smallest absolute Gasteiger partial charge is 0.253 e. The fourth-order valence-corrected chi connectivity index (χ4v) is 5.04. The van der Waals surface area contributed by atoms with Crippen molar-refractivity contribution in [2.45, 2.75) is 31.2 Å². The Morgan fingerprint density at radius 1 is 1.15 bits per heavy atom. The third-order valence-corrected chi connectivity index (χ3v) is 7.23. The number of nitrogens with one attached hydrogen (secondary N) is 1. The number of fused-ring (bicyclic) bond motifs is 1. The maximum absolute atomic E-state index is 12.8. The number of rotatable bonds is 7. The average molecular weight is 483 g/mol. The van der Waals surface area contributed by atoms with E-state index in [0.29, 0.717) is 24.4 Å². The molecule has 1 aliphatic rings. The van der Waals surface area contributed by atoms with Crippen molar-refractivity contribution in [2.24, 2.45) is 0 Å². The Labute approximate surface area is 198 Å². The fraction of sp³-hybridized carbons (Fsp3) is 0.292. The summed E-state index contributed by atoms with van der Waals surface area (Å²) >= 11 is 0. The minimum absolute atomic E-state index is 0.0302. The Morgan fingerprint density at radius 2 is 1.91 bits per heavy atom. The summed E-state index contributed by atoms with van der Waals surface area (Å²) in [5, 5.41) is 0. The highest BCUT2D eigenvalue weighted by Gasteiger charge is 2.23. The van der Waals surface area contributed by atoms with Gasteiger partial charge in [-0.3, -0.25) is 14.2 Å². The zero-order valence-electron chi connectivity index (χ0n) is 19.0. The van der Waals surface area contributed by atoms with Crippen molar-refractivity contribution in [3.8, 4) is 17.0 Å². The molecule has 2 aromatic carbocycles. The molecule has 0 radical (unpaired) electrons. The SMILES string of the molecule is COc1ccc(-c2cc(=O)n(CCNS(=O)(=O)c3ccc4c(c3)CCCN4C(C)=O)cn2)cc1. The summed E-state index contributed by atoms with van der Waals surface area (Å²) in [4.78, 5) is 30.5. The normalized spacial score (nSPS) is 13.4. The molecule has 10 heteroatoms. The van der Waals surface area contributed by atoms with Gasteiger partial charge in [-0.25, -0.2) is 18.1 Å². The van der Waals surface area contributed by atoms with Gasteiger partial charge >= 0.3 is 0 Å². The topological polar surface area (TPSA) is 111 Å². The summed E-state index contributed by atoms with van der Waals surface area (Å²) < 4.78 is 34.6. The first-order valence-electron chi connectivity index (χ1n) is 10.9. The van der Waals surface area contributed by atoms with Crippen LogP contribution < -0.4 is 19.9 Å². The minimum Gasteiger partial charge on any atom is -0.497 e. The van der Waals surface area contributed by atoms with E-state index in [1.54, 1.807) is 36.3 Å². The molecule has 1 aromatic heterocycles. The maximum Gasteiger partial charge on any atom is 0.253 e. The molecule has 1 N–H and O–H groups in total. The molecule has 0 saturated heterocycles. The summed E-state index contributed by atoms with van der Waals surface area (Å²) in [6.07, 6.45) is 2.90. The number of carbonyl (C=O) groups excluding carboxylic acids is 1. The lowest BCUT2D eigenvalue weighted by atomic mass is 10.0. The van der Waals surface area contributed by atoms with E-state index in [1.807, 2.05) is 12.1 Å². The van der Waals surface area contributed by atoms with Crippen molar-refractivity contribution in [1.82, 2.24) is 14.3 Å². The van der Waals surface area contributed by atoms with E-state index in [1.165, 1.54) is 30.0 Å². The summed E-state index contributed by atoms with van der Waals surface area (Å²) in [5.74, 6) is 0.645. The Balaban J connectivity index is 1.42. The molecule has 4 rings (SSSR count). The van der Waals surface area contributed by atoms with Crippen molar-refractivity contribution < 1.29 is 17.9 Å². The van der Waals surface area contributed by atoms with Crippen LogP contribution in [0.5, 0.6) is 5.75 Å². The van der Waals surface area contributed by atoms with Crippen molar-refractivity contribution in [1.29, 1.82) is 0 Å². The highest BCUT2D eigenvalue weighted by Crippen LogP contribution is 2.29. The number of aromatic nitrogens is 2. The van der Waals surface area contributed by atoms with Crippen LogP contribution >= 0.6 is 0 Å². The van der Waals surface area contributed by atoms with E-state index >= 15 is 0 Å². The minimum atomic E-state index is -3.77. The van der Waals surface area contributed by atoms with Crippen LogP contribution in [-0.4, -0.2) is 44.1 Å². The van der Waals surface area contributed by atoms with E-state index in [0.717, 1.165) is 23.2 Å². The quantitative estimate of drug-likeness (QED) is 0.553. The second-order valence-electron chi connectivity index (χ2n) is 8.00. The Kier molecular flexibility index (Phi) is 6.80. The van der Waals surface area contributed by atoms with Crippen LogP contribution in [-0.2, 0) is 27.8 Å². The van der Waals surface area contributed by atoms with Crippen LogP contribution in [0.15, 0.2) is 64.5 Å². The van der Waals surface area contributed by atoms with Gasteiger partial charge in [0.1, 0.15) is 5.75 Å². The van der Waals surface area contributed by atoms with E-state index in [2.05, 4.69) is 9.71 Å². The molecule has 178 valence electrons. The number of sulfonamides is 1. The molecule has 0 bridgehead atoms. The number of hydrogen-bond donors (Lipinski definition) is 1. The summed E-state index contributed by atoms with van der Waals surface area (Å²) in [7, 11) is -2.19. The second kappa shape index (κ2) is 9.78. The standard InChI is InChI=1S/C24H26N4O5S/c1-17(29)28-12-3-4-19-14-21(9-10-23(19)28)34(31,32)26-11-13-27-16-25-22(15-24(27)30)18-5-7-20(33-2)8-6-18/h5-10,14-16,26H,3-4,11-13H2,1-2H3. The predicted molar refractivity (Wildman–Crippen MR) is 128 cm³/mol.